The molecule has 0 bridgehead atoms. The van der Waals surface area contributed by atoms with Gasteiger partial charge in [-0.15, -0.1) is 0 Å². The quantitative estimate of drug-likeness (QED) is 0.840. The Morgan fingerprint density at radius 2 is 1.35 bits per heavy atom. The fourth-order valence-electron chi connectivity index (χ4n) is 2.19. The second-order valence-electron chi connectivity index (χ2n) is 5.09. The van der Waals surface area contributed by atoms with Crippen LogP contribution in [0.15, 0.2) is 72.8 Å². The molecule has 0 aliphatic carbocycles. The third-order valence-electron chi connectivity index (χ3n) is 3.45. The summed E-state index contributed by atoms with van der Waals surface area (Å²) < 4.78 is 0. The molecule has 0 aromatic heterocycles. The smallest absolute Gasteiger partial charge is 0.247 e. The van der Waals surface area contributed by atoms with Crippen LogP contribution in [0, 0.1) is 0 Å². The van der Waals surface area contributed by atoms with Gasteiger partial charge in [0.05, 0.1) is 5.54 Å². The summed E-state index contributed by atoms with van der Waals surface area (Å²) >= 11 is 0. The first-order valence-corrected chi connectivity index (χ1v) is 6.63. The first-order chi connectivity index (χ1) is 9.54. The summed E-state index contributed by atoms with van der Waals surface area (Å²) in [6, 6.07) is 19.9. The Morgan fingerprint density at radius 1 is 0.950 bits per heavy atom. The SMILES string of the molecule is C=C(C)C(=O)NC(C)(c1ccccc1)c1ccccc1. The van der Waals surface area contributed by atoms with E-state index in [1.807, 2.05) is 67.6 Å². The van der Waals surface area contributed by atoms with E-state index in [9.17, 15) is 4.79 Å². The summed E-state index contributed by atoms with van der Waals surface area (Å²) in [7, 11) is 0. The molecule has 2 nitrogen and oxygen atoms in total. The predicted octanol–water partition coefficient (Wildman–Crippen LogP) is 3.64. The summed E-state index contributed by atoms with van der Waals surface area (Å²) in [5.41, 5.74) is 2.02. The first-order valence-electron chi connectivity index (χ1n) is 6.63. The maximum Gasteiger partial charge on any atom is 0.247 e. The van der Waals surface area contributed by atoms with Gasteiger partial charge >= 0.3 is 0 Å². The van der Waals surface area contributed by atoms with Crippen molar-refractivity contribution in [1.82, 2.24) is 5.32 Å². The number of carbonyl (C=O) groups is 1. The Labute approximate surface area is 120 Å². The lowest BCUT2D eigenvalue weighted by atomic mass is 9.84. The molecular weight excluding hydrogens is 246 g/mol. The van der Waals surface area contributed by atoms with Gasteiger partial charge in [-0.25, -0.2) is 0 Å². The molecule has 2 rings (SSSR count). The number of rotatable bonds is 4. The summed E-state index contributed by atoms with van der Waals surface area (Å²) in [6.07, 6.45) is 0. The summed E-state index contributed by atoms with van der Waals surface area (Å²) in [6.45, 7) is 7.44. The van der Waals surface area contributed by atoms with Crippen molar-refractivity contribution in [2.75, 3.05) is 0 Å². The topological polar surface area (TPSA) is 29.1 Å². The normalized spacial score (nSPS) is 10.9. The van der Waals surface area contributed by atoms with Crippen molar-refractivity contribution in [3.8, 4) is 0 Å². The number of nitrogens with one attached hydrogen (secondary N) is 1. The molecule has 0 aliphatic rings. The molecule has 0 heterocycles. The first kappa shape index (κ1) is 14.1. The molecule has 2 aromatic rings. The predicted molar refractivity (Wildman–Crippen MR) is 82.3 cm³/mol. The highest BCUT2D eigenvalue weighted by atomic mass is 16.1. The van der Waals surface area contributed by atoms with E-state index < -0.39 is 5.54 Å². The van der Waals surface area contributed by atoms with Crippen molar-refractivity contribution in [3.63, 3.8) is 0 Å². The lowest BCUT2D eigenvalue weighted by molar-refractivity contribution is -0.118. The Bertz CT molecular complexity index is 562. The van der Waals surface area contributed by atoms with E-state index in [0.717, 1.165) is 11.1 Å². The number of hydrogen-bond acceptors (Lipinski definition) is 1. The fraction of sp³-hybridized carbons (Fsp3) is 0.167. The van der Waals surface area contributed by atoms with Gasteiger partial charge in [-0.2, -0.15) is 0 Å². The zero-order valence-corrected chi connectivity index (χ0v) is 11.9. The van der Waals surface area contributed by atoms with E-state index in [2.05, 4.69) is 11.9 Å². The van der Waals surface area contributed by atoms with E-state index >= 15 is 0 Å². The van der Waals surface area contributed by atoms with Gasteiger partial charge in [-0.3, -0.25) is 4.79 Å². The van der Waals surface area contributed by atoms with E-state index in [-0.39, 0.29) is 5.91 Å². The van der Waals surface area contributed by atoms with Crippen molar-refractivity contribution in [3.05, 3.63) is 83.9 Å². The molecule has 1 N–H and O–H groups in total. The summed E-state index contributed by atoms with van der Waals surface area (Å²) in [5.74, 6) is -0.139. The van der Waals surface area contributed by atoms with Crippen molar-refractivity contribution in [1.29, 1.82) is 0 Å². The Hall–Kier alpha value is -2.35. The molecule has 0 atom stereocenters. The highest BCUT2D eigenvalue weighted by Gasteiger charge is 2.30. The molecule has 0 radical (unpaired) electrons. The number of benzene rings is 2. The monoisotopic (exact) mass is 265 g/mol. The van der Waals surface area contributed by atoms with Crippen LogP contribution in [0.5, 0.6) is 0 Å². The third-order valence-corrected chi connectivity index (χ3v) is 3.45. The van der Waals surface area contributed by atoms with Crippen molar-refractivity contribution in [2.45, 2.75) is 19.4 Å². The maximum absolute atomic E-state index is 12.1. The van der Waals surface area contributed by atoms with Crippen LogP contribution in [0.2, 0.25) is 0 Å². The second-order valence-corrected chi connectivity index (χ2v) is 5.09. The molecule has 0 saturated carbocycles. The van der Waals surface area contributed by atoms with Gasteiger partial charge in [-0.05, 0) is 25.0 Å². The number of carbonyl (C=O) groups excluding carboxylic acids is 1. The van der Waals surface area contributed by atoms with Gasteiger partial charge in [-0.1, -0.05) is 67.2 Å². The Morgan fingerprint density at radius 3 is 1.70 bits per heavy atom. The molecular formula is C18H19NO. The van der Waals surface area contributed by atoms with Gasteiger partial charge in [0.1, 0.15) is 0 Å². The standard InChI is InChI=1S/C18H19NO/c1-14(2)17(20)19-18(3,15-10-6-4-7-11-15)16-12-8-5-9-13-16/h4-13H,1H2,2-3H3,(H,19,20). The van der Waals surface area contributed by atoms with Gasteiger partial charge < -0.3 is 5.32 Å². The van der Waals surface area contributed by atoms with Gasteiger partial charge in [0, 0.05) is 5.57 Å². The number of hydrogen-bond donors (Lipinski definition) is 1. The molecule has 1 amide bonds. The van der Waals surface area contributed by atoms with Gasteiger partial charge in [0.2, 0.25) is 5.91 Å². The lowest BCUT2D eigenvalue weighted by Gasteiger charge is -2.32. The molecule has 2 aromatic carbocycles. The zero-order chi connectivity index (χ0) is 14.6. The van der Waals surface area contributed by atoms with Crippen molar-refractivity contribution in [2.24, 2.45) is 0 Å². The molecule has 2 heteroatoms. The molecule has 0 fully saturated rings. The Balaban J connectivity index is 2.49. The summed E-state index contributed by atoms with van der Waals surface area (Å²) in [4.78, 5) is 12.1. The van der Waals surface area contributed by atoms with Crippen LogP contribution in [0.4, 0.5) is 0 Å². The lowest BCUT2D eigenvalue weighted by Crippen LogP contribution is -2.44. The van der Waals surface area contributed by atoms with E-state index in [1.54, 1.807) is 6.92 Å². The molecule has 0 aliphatic heterocycles. The van der Waals surface area contributed by atoms with Gasteiger partial charge in [0.15, 0.2) is 0 Å². The molecule has 102 valence electrons. The van der Waals surface area contributed by atoms with Crippen LogP contribution < -0.4 is 5.32 Å². The number of amides is 1. The minimum Gasteiger partial charge on any atom is -0.339 e. The van der Waals surface area contributed by atoms with Crippen LogP contribution in [0.25, 0.3) is 0 Å². The highest BCUT2D eigenvalue weighted by Crippen LogP contribution is 2.29. The van der Waals surface area contributed by atoms with Crippen molar-refractivity contribution < 1.29 is 4.79 Å². The van der Waals surface area contributed by atoms with E-state index in [4.69, 9.17) is 0 Å². The Kier molecular flexibility index (Phi) is 4.04. The van der Waals surface area contributed by atoms with E-state index in [1.165, 1.54) is 0 Å². The van der Waals surface area contributed by atoms with Crippen LogP contribution in [0.1, 0.15) is 25.0 Å². The average molecular weight is 265 g/mol. The summed E-state index contributed by atoms with van der Waals surface area (Å²) in [5, 5.41) is 3.09. The van der Waals surface area contributed by atoms with Crippen molar-refractivity contribution >= 4 is 5.91 Å². The van der Waals surface area contributed by atoms with Crippen LogP contribution in [-0.2, 0) is 10.3 Å². The third kappa shape index (κ3) is 2.80. The average Bonchev–Trinajstić information content (AvgIpc) is 2.48. The zero-order valence-electron chi connectivity index (χ0n) is 11.9. The molecule has 0 spiro atoms. The van der Waals surface area contributed by atoms with Crippen LogP contribution in [-0.4, -0.2) is 5.91 Å². The van der Waals surface area contributed by atoms with E-state index in [0.29, 0.717) is 5.57 Å². The maximum atomic E-state index is 12.1. The minimum atomic E-state index is -0.571. The minimum absolute atomic E-state index is 0.139. The second kappa shape index (κ2) is 5.74. The molecule has 0 saturated heterocycles. The van der Waals surface area contributed by atoms with Gasteiger partial charge in [0.25, 0.3) is 0 Å². The fourth-order valence-corrected chi connectivity index (χ4v) is 2.19. The molecule has 20 heavy (non-hydrogen) atoms. The van der Waals surface area contributed by atoms with Crippen LogP contribution in [0.3, 0.4) is 0 Å². The molecule has 0 unspecified atom stereocenters. The van der Waals surface area contributed by atoms with Crippen LogP contribution >= 0.6 is 0 Å². The largest absolute Gasteiger partial charge is 0.339 e. The highest BCUT2D eigenvalue weighted by molar-refractivity contribution is 5.93.